The molecule has 3 unspecified atom stereocenters. The number of ketones is 1. The lowest BCUT2D eigenvalue weighted by Crippen LogP contribution is -2.46. The first-order valence-corrected chi connectivity index (χ1v) is 5.70. The summed E-state index contributed by atoms with van der Waals surface area (Å²) in [5.74, 6) is 0.287. The monoisotopic (exact) mass is 199 g/mol. The molecule has 0 aliphatic heterocycles. The Balaban J connectivity index is 1.86. The fraction of sp³-hybridized carbons (Fsp3) is 0.909. The third-order valence-electron chi connectivity index (χ3n) is 3.40. The highest BCUT2D eigenvalue weighted by Gasteiger charge is 2.31. The Kier molecular flexibility index (Phi) is 3.16. The third kappa shape index (κ3) is 2.14. The van der Waals surface area contributed by atoms with Gasteiger partial charge in [0.25, 0.3) is 0 Å². The molecule has 0 amide bonds. The van der Waals surface area contributed by atoms with Crippen LogP contribution < -0.4 is 5.32 Å². The maximum atomic E-state index is 13.3. The Morgan fingerprint density at radius 1 is 1.14 bits per heavy atom. The van der Waals surface area contributed by atoms with Crippen LogP contribution in [0.25, 0.3) is 0 Å². The molecule has 0 aromatic rings. The van der Waals surface area contributed by atoms with Crippen LogP contribution in [0.4, 0.5) is 4.39 Å². The number of carbonyl (C=O) groups excluding carboxylic acids is 1. The van der Waals surface area contributed by atoms with Crippen LogP contribution in [0.1, 0.15) is 44.9 Å². The van der Waals surface area contributed by atoms with Crippen molar-refractivity contribution in [1.82, 2.24) is 5.32 Å². The smallest absolute Gasteiger partial charge is 0.149 e. The Morgan fingerprint density at radius 3 is 2.64 bits per heavy atom. The van der Waals surface area contributed by atoms with E-state index in [1.807, 2.05) is 0 Å². The Labute approximate surface area is 84.3 Å². The molecule has 2 rings (SSSR count). The molecular weight excluding hydrogens is 181 g/mol. The number of rotatable bonds is 2. The molecule has 3 atom stereocenters. The van der Waals surface area contributed by atoms with Crippen LogP contribution in [-0.2, 0) is 4.79 Å². The van der Waals surface area contributed by atoms with Gasteiger partial charge in [-0.15, -0.1) is 0 Å². The van der Waals surface area contributed by atoms with Crippen molar-refractivity contribution in [2.24, 2.45) is 0 Å². The first kappa shape index (κ1) is 10.1. The molecule has 2 aliphatic carbocycles. The average Bonchev–Trinajstić information content (AvgIpc) is 2.56. The maximum Gasteiger partial charge on any atom is 0.149 e. The molecule has 3 heteroatoms. The summed E-state index contributed by atoms with van der Waals surface area (Å²) >= 11 is 0. The van der Waals surface area contributed by atoms with E-state index in [1.165, 1.54) is 0 Å². The highest BCUT2D eigenvalue weighted by atomic mass is 19.1. The molecule has 14 heavy (non-hydrogen) atoms. The van der Waals surface area contributed by atoms with Gasteiger partial charge in [0.2, 0.25) is 0 Å². The van der Waals surface area contributed by atoms with Crippen LogP contribution in [0.3, 0.4) is 0 Å². The minimum atomic E-state index is -0.732. The van der Waals surface area contributed by atoms with Crippen LogP contribution >= 0.6 is 0 Å². The van der Waals surface area contributed by atoms with Gasteiger partial charge in [-0.05, 0) is 32.1 Å². The zero-order valence-electron chi connectivity index (χ0n) is 8.47. The summed E-state index contributed by atoms with van der Waals surface area (Å²) in [5.41, 5.74) is 0. The van der Waals surface area contributed by atoms with Crippen molar-refractivity contribution in [1.29, 1.82) is 0 Å². The molecule has 0 radical (unpaired) electrons. The zero-order valence-corrected chi connectivity index (χ0v) is 8.47. The van der Waals surface area contributed by atoms with Gasteiger partial charge in [-0.1, -0.05) is 6.42 Å². The van der Waals surface area contributed by atoms with Gasteiger partial charge < -0.3 is 5.32 Å². The van der Waals surface area contributed by atoms with Gasteiger partial charge in [-0.2, -0.15) is 0 Å². The van der Waals surface area contributed by atoms with Crippen LogP contribution in [-0.4, -0.2) is 24.0 Å². The quantitative estimate of drug-likeness (QED) is 0.736. The van der Waals surface area contributed by atoms with Crippen molar-refractivity contribution >= 4 is 5.78 Å². The first-order chi connectivity index (χ1) is 6.77. The number of hydrogen-bond donors (Lipinski definition) is 1. The van der Waals surface area contributed by atoms with E-state index in [2.05, 4.69) is 5.32 Å². The van der Waals surface area contributed by atoms with E-state index < -0.39 is 6.17 Å². The van der Waals surface area contributed by atoms with Gasteiger partial charge in [0.05, 0.1) is 6.04 Å². The summed E-state index contributed by atoms with van der Waals surface area (Å²) in [7, 11) is 0. The Hall–Kier alpha value is -0.440. The second-order valence-corrected chi connectivity index (χ2v) is 4.48. The lowest BCUT2D eigenvalue weighted by atomic mass is 9.93. The van der Waals surface area contributed by atoms with Crippen LogP contribution in [0.2, 0.25) is 0 Å². The van der Waals surface area contributed by atoms with Crippen molar-refractivity contribution in [3.8, 4) is 0 Å². The van der Waals surface area contributed by atoms with E-state index in [1.54, 1.807) is 0 Å². The number of Topliss-reactive ketones (excluding diaryl/α,β-unsaturated/α-hetero) is 1. The average molecular weight is 199 g/mol. The maximum absolute atomic E-state index is 13.3. The number of hydrogen-bond acceptors (Lipinski definition) is 2. The predicted octanol–water partition coefficient (Wildman–Crippen LogP) is 1.98. The number of nitrogens with one attached hydrogen (secondary N) is 1. The van der Waals surface area contributed by atoms with Gasteiger partial charge in [-0.3, -0.25) is 4.79 Å². The van der Waals surface area contributed by atoms with Gasteiger partial charge in [0, 0.05) is 12.5 Å². The molecule has 0 bridgehead atoms. The summed E-state index contributed by atoms with van der Waals surface area (Å²) in [6, 6.07) is -0.104. The zero-order chi connectivity index (χ0) is 9.97. The number of halogens is 1. The highest BCUT2D eigenvalue weighted by Crippen LogP contribution is 2.24. The van der Waals surface area contributed by atoms with E-state index in [0.29, 0.717) is 12.8 Å². The minimum absolute atomic E-state index is 0.0508. The molecule has 0 aromatic heterocycles. The number of carbonyl (C=O) groups is 1. The van der Waals surface area contributed by atoms with Crippen LogP contribution in [0.15, 0.2) is 0 Å². The normalized spacial score (nSPS) is 38.9. The standard InChI is InChI=1S/C11H18FNO/c12-8-4-3-6-9(8)13-10-5-1-2-7-11(10)14/h8-10,13H,1-7H2. The van der Waals surface area contributed by atoms with Crippen molar-refractivity contribution in [2.45, 2.75) is 63.2 Å². The Morgan fingerprint density at radius 2 is 2.00 bits per heavy atom. The summed E-state index contributed by atoms with van der Waals surface area (Å²) in [5, 5.41) is 3.19. The third-order valence-corrected chi connectivity index (χ3v) is 3.40. The molecule has 2 fully saturated rings. The minimum Gasteiger partial charge on any atom is -0.302 e. The molecule has 0 saturated heterocycles. The van der Waals surface area contributed by atoms with E-state index in [-0.39, 0.29) is 17.9 Å². The number of alkyl halides is 1. The Bertz CT molecular complexity index is 219. The molecule has 80 valence electrons. The van der Waals surface area contributed by atoms with Crippen LogP contribution in [0.5, 0.6) is 0 Å². The first-order valence-electron chi connectivity index (χ1n) is 5.70. The molecule has 2 nitrogen and oxygen atoms in total. The lowest BCUT2D eigenvalue weighted by Gasteiger charge is -2.26. The predicted molar refractivity (Wildman–Crippen MR) is 52.9 cm³/mol. The fourth-order valence-corrected chi connectivity index (χ4v) is 2.52. The van der Waals surface area contributed by atoms with Gasteiger partial charge >= 0.3 is 0 Å². The van der Waals surface area contributed by atoms with Crippen molar-refractivity contribution < 1.29 is 9.18 Å². The van der Waals surface area contributed by atoms with E-state index in [9.17, 15) is 9.18 Å². The second-order valence-electron chi connectivity index (χ2n) is 4.48. The second kappa shape index (κ2) is 4.39. The SMILES string of the molecule is O=C1CCCCC1NC1CCCC1F. The lowest BCUT2D eigenvalue weighted by molar-refractivity contribution is -0.122. The summed E-state index contributed by atoms with van der Waals surface area (Å²) < 4.78 is 13.3. The van der Waals surface area contributed by atoms with Crippen molar-refractivity contribution in [2.75, 3.05) is 0 Å². The fourth-order valence-electron chi connectivity index (χ4n) is 2.52. The van der Waals surface area contributed by atoms with Crippen molar-refractivity contribution in [3.05, 3.63) is 0 Å². The topological polar surface area (TPSA) is 29.1 Å². The molecule has 2 saturated carbocycles. The molecule has 1 N–H and O–H groups in total. The highest BCUT2D eigenvalue weighted by molar-refractivity contribution is 5.84. The summed E-state index contributed by atoms with van der Waals surface area (Å²) in [6.07, 6.45) is 5.49. The molecule has 0 spiro atoms. The van der Waals surface area contributed by atoms with Gasteiger partial charge in [0.15, 0.2) is 0 Å². The summed E-state index contributed by atoms with van der Waals surface area (Å²) in [6.45, 7) is 0. The molecular formula is C11H18FNO. The van der Waals surface area contributed by atoms with Gasteiger partial charge in [-0.25, -0.2) is 4.39 Å². The molecule has 2 aliphatic rings. The van der Waals surface area contributed by atoms with E-state index in [0.717, 1.165) is 32.1 Å². The van der Waals surface area contributed by atoms with Crippen molar-refractivity contribution in [3.63, 3.8) is 0 Å². The van der Waals surface area contributed by atoms with E-state index in [4.69, 9.17) is 0 Å². The molecule has 0 aromatic carbocycles. The van der Waals surface area contributed by atoms with Crippen LogP contribution in [0, 0.1) is 0 Å². The molecule has 0 heterocycles. The largest absolute Gasteiger partial charge is 0.302 e. The van der Waals surface area contributed by atoms with Gasteiger partial charge in [0.1, 0.15) is 12.0 Å². The summed E-state index contributed by atoms with van der Waals surface area (Å²) in [4.78, 5) is 11.5. The van der Waals surface area contributed by atoms with E-state index >= 15 is 0 Å².